The molecule has 3 heterocycles. The summed E-state index contributed by atoms with van der Waals surface area (Å²) in [4.78, 5) is 44.3. The molecule has 0 aromatic carbocycles. The number of aliphatic hydroxyl groups is 1. The molecule has 5 atom stereocenters. The first-order valence-electron chi connectivity index (χ1n) is 12.6. The monoisotopic (exact) mass is 492 g/mol. The molecule has 34 heavy (non-hydrogen) atoms. The van der Waals surface area contributed by atoms with Crippen molar-refractivity contribution in [3.8, 4) is 0 Å². The number of unbranched alkanes of at least 4 members (excludes halogenated alkanes) is 3. The van der Waals surface area contributed by atoms with E-state index >= 15 is 0 Å². The summed E-state index contributed by atoms with van der Waals surface area (Å²) in [6.45, 7) is 12.8. The zero-order valence-corrected chi connectivity index (χ0v) is 21.5. The van der Waals surface area contributed by atoms with Crippen molar-refractivity contribution < 1.29 is 24.2 Å². The number of likely N-dealkylation sites (tertiary alicyclic amines) is 1. The number of hydrogen-bond donors (Lipinski definition) is 1. The molecule has 0 saturated carbocycles. The van der Waals surface area contributed by atoms with E-state index in [-0.39, 0.29) is 30.9 Å². The van der Waals surface area contributed by atoms with E-state index in [0.29, 0.717) is 26.1 Å². The number of β-amino-alcohol motifs (C(OH)–C–C–N with tert-alkyl or cyclic N) is 1. The molecule has 0 aromatic rings. The van der Waals surface area contributed by atoms with Crippen LogP contribution >= 0.6 is 11.8 Å². The summed E-state index contributed by atoms with van der Waals surface area (Å²) in [5.74, 6) is -1.83. The molecule has 190 valence electrons. The summed E-state index contributed by atoms with van der Waals surface area (Å²) < 4.78 is 4.55. The molecule has 1 spiro atoms. The van der Waals surface area contributed by atoms with Crippen molar-refractivity contribution in [3.05, 3.63) is 25.3 Å². The van der Waals surface area contributed by atoms with Crippen LogP contribution in [0.1, 0.15) is 58.8 Å². The Morgan fingerprint density at radius 1 is 1.26 bits per heavy atom. The molecule has 3 fully saturated rings. The number of fused-ring (bicyclic) bond motifs is 1. The molecule has 2 amide bonds. The molecular weight excluding hydrogens is 452 g/mol. The van der Waals surface area contributed by atoms with Crippen molar-refractivity contribution in [1.82, 2.24) is 9.80 Å². The maximum absolute atomic E-state index is 13.9. The summed E-state index contributed by atoms with van der Waals surface area (Å²) in [7, 11) is 0. The number of thioether (sulfide) groups is 1. The van der Waals surface area contributed by atoms with Crippen molar-refractivity contribution in [3.63, 3.8) is 0 Å². The lowest BCUT2D eigenvalue weighted by Crippen LogP contribution is -2.55. The van der Waals surface area contributed by atoms with E-state index in [0.717, 1.165) is 38.5 Å². The van der Waals surface area contributed by atoms with Gasteiger partial charge in [0.05, 0.1) is 29.8 Å². The number of hydrogen-bond acceptors (Lipinski definition) is 6. The van der Waals surface area contributed by atoms with Gasteiger partial charge in [-0.15, -0.1) is 24.9 Å². The van der Waals surface area contributed by atoms with E-state index in [1.807, 2.05) is 13.0 Å². The Labute approximate surface area is 208 Å². The first kappa shape index (κ1) is 26.8. The first-order chi connectivity index (χ1) is 16.3. The van der Waals surface area contributed by atoms with Crippen LogP contribution in [0, 0.1) is 11.8 Å². The number of amides is 2. The molecule has 0 aromatic heterocycles. The maximum Gasteiger partial charge on any atom is 0.311 e. The Bertz CT molecular complexity index is 804. The molecule has 3 saturated heterocycles. The molecule has 7 nitrogen and oxygen atoms in total. The molecular formula is C26H40N2O5S. The smallest absolute Gasteiger partial charge is 0.311 e. The van der Waals surface area contributed by atoms with Crippen LogP contribution in [0.15, 0.2) is 25.3 Å². The van der Waals surface area contributed by atoms with Gasteiger partial charge >= 0.3 is 5.97 Å². The third-order valence-corrected chi connectivity index (χ3v) is 9.58. The van der Waals surface area contributed by atoms with Crippen LogP contribution in [-0.4, -0.2) is 81.1 Å². The van der Waals surface area contributed by atoms with Crippen LogP contribution in [0.2, 0.25) is 0 Å². The van der Waals surface area contributed by atoms with Gasteiger partial charge in [0.15, 0.2) is 0 Å². The quantitative estimate of drug-likeness (QED) is 0.228. The lowest BCUT2D eigenvalue weighted by molar-refractivity contribution is -0.155. The highest BCUT2D eigenvalue weighted by Gasteiger charge is 2.77. The number of esters is 1. The van der Waals surface area contributed by atoms with Crippen LogP contribution in [0.25, 0.3) is 0 Å². The Hall–Kier alpha value is -1.80. The average molecular weight is 493 g/mol. The van der Waals surface area contributed by atoms with E-state index in [2.05, 4.69) is 20.1 Å². The largest absolute Gasteiger partial charge is 0.465 e. The lowest BCUT2D eigenvalue weighted by Gasteiger charge is -2.37. The van der Waals surface area contributed by atoms with Crippen molar-refractivity contribution in [2.75, 3.05) is 32.8 Å². The molecule has 8 heteroatoms. The number of aliphatic hydroxyl groups excluding tert-OH is 1. The highest BCUT2D eigenvalue weighted by atomic mass is 32.2. The van der Waals surface area contributed by atoms with Crippen LogP contribution < -0.4 is 0 Å². The Morgan fingerprint density at radius 3 is 2.68 bits per heavy atom. The number of nitrogens with zero attached hydrogens (tertiary/aromatic N) is 2. The van der Waals surface area contributed by atoms with E-state index < -0.39 is 27.4 Å². The van der Waals surface area contributed by atoms with Gasteiger partial charge in [0.2, 0.25) is 11.8 Å². The van der Waals surface area contributed by atoms with Gasteiger partial charge in [-0.1, -0.05) is 25.5 Å². The molecule has 0 radical (unpaired) electrons. The van der Waals surface area contributed by atoms with Gasteiger partial charge in [0.25, 0.3) is 0 Å². The molecule has 3 aliphatic heterocycles. The topological polar surface area (TPSA) is 87.1 Å². The molecule has 2 bridgehead atoms. The number of carbonyl (C=O) groups is 3. The molecule has 3 aliphatic rings. The summed E-state index contributed by atoms with van der Waals surface area (Å²) in [6.07, 6.45) is 9.35. The van der Waals surface area contributed by atoms with Gasteiger partial charge in [-0.2, -0.15) is 0 Å². The van der Waals surface area contributed by atoms with Gasteiger partial charge < -0.3 is 19.6 Å². The molecule has 2 unspecified atom stereocenters. The van der Waals surface area contributed by atoms with Gasteiger partial charge in [-0.25, -0.2) is 0 Å². The van der Waals surface area contributed by atoms with E-state index in [4.69, 9.17) is 4.74 Å². The third kappa shape index (κ3) is 4.68. The summed E-state index contributed by atoms with van der Waals surface area (Å²) in [5.41, 5.74) is 0. The standard InChI is InChI=1S/C26H40N2O5S/c1-5-8-10-11-18-33-24(32)20-19-22(30)28(16-17-29)21(26(19)13-12-25(20,4)34-26)23(31)27(14-7-3)15-9-6-2/h5,7,19-21,29H,1,3,6,8-18H2,2,4H3/t19-,20+,21?,25-,26?/m0/s1. The van der Waals surface area contributed by atoms with Crippen molar-refractivity contribution in [2.45, 2.75) is 74.3 Å². The SMILES string of the molecule is C=CCCCCOC(=O)[C@H]1[C@H]2C(=O)N(CCO)C(C(=O)N(CC=C)CCCC)C23CC[C@]1(C)S3. The van der Waals surface area contributed by atoms with Crippen LogP contribution in [0.4, 0.5) is 0 Å². The molecule has 0 aliphatic carbocycles. The predicted octanol–water partition coefficient (Wildman–Crippen LogP) is 3.17. The summed E-state index contributed by atoms with van der Waals surface area (Å²) in [6, 6.07) is -0.689. The minimum atomic E-state index is -0.689. The second-order valence-electron chi connectivity index (χ2n) is 9.86. The minimum Gasteiger partial charge on any atom is -0.465 e. The normalized spacial score (nSPS) is 31.4. The van der Waals surface area contributed by atoms with Crippen LogP contribution in [0.5, 0.6) is 0 Å². The first-order valence-corrected chi connectivity index (χ1v) is 13.4. The summed E-state index contributed by atoms with van der Waals surface area (Å²) >= 11 is 1.63. The number of carbonyl (C=O) groups excluding carboxylic acids is 3. The van der Waals surface area contributed by atoms with Crippen molar-refractivity contribution in [2.24, 2.45) is 11.8 Å². The van der Waals surface area contributed by atoms with Crippen LogP contribution in [-0.2, 0) is 19.1 Å². The summed E-state index contributed by atoms with van der Waals surface area (Å²) in [5, 5.41) is 9.73. The fraction of sp³-hybridized carbons (Fsp3) is 0.731. The van der Waals surface area contributed by atoms with Gasteiger partial charge in [0.1, 0.15) is 6.04 Å². The fourth-order valence-electron chi connectivity index (χ4n) is 6.03. The van der Waals surface area contributed by atoms with Gasteiger partial charge in [0, 0.05) is 24.4 Å². The number of allylic oxidation sites excluding steroid dienone is 1. The Kier molecular flexibility index (Phi) is 8.90. The maximum atomic E-state index is 13.9. The van der Waals surface area contributed by atoms with E-state index in [9.17, 15) is 19.5 Å². The van der Waals surface area contributed by atoms with Gasteiger partial charge in [-0.05, 0) is 45.4 Å². The zero-order chi connectivity index (χ0) is 24.9. The minimum absolute atomic E-state index is 0.0871. The number of rotatable bonds is 14. The zero-order valence-electron chi connectivity index (χ0n) is 20.7. The predicted molar refractivity (Wildman–Crippen MR) is 134 cm³/mol. The second-order valence-corrected chi connectivity index (χ2v) is 11.8. The second kappa shape index (κ2) is 11.3. The molecule has 1 N–H and O–H groups in total. The van der Waals surface area contributed by atoms with Gasteiger partial charge in [-0.3, -0.25) is 14.4 Å². The fourth-order valence-corrected chi connectivity index (χ4v) is 8.37. The van der Waals surface area contributed by atoms with E-state index in [1.165, 1.54) is 4.90 Å². The highest BCUT2D eigenvalue weighted by Crippen LogP contribution is 2.71. The van der Waals surface area contributed by atoms with Crippen LogP contribution in [0.3, 0.4) is 0 Å². The highest BCUT2D eigenvalue weighted by molar-refractivity contribution is 8.02. The molecule has 3 rings (SSSR count). The lowest BCUT2D eigenvalue weighted by atomic mass is 9.66. The van der Waals surface area contributed by atoms with E-state index in [1.54, 1.807) is 22.7 Å². The Morgan fingerprint density at radius 2 is 2.03 bits per heavy atom. The van der Waals surface area contributed by atoms with Crippen molar-refractivity contribution in [1.29, 1.82) is 0 Å². The third-order valence-electron chi connectivity index (χ3n) is 7.60. The number of ether oxygens (including phenoxy) is 1. The van der Waals surface area contributed by atoms with Crippen molar-refractivity contribution >= 4 is 29.5 Å². The Balaban J connectivity index is 1.90. The average Bonchev–Trinajstić information content (AvgIpc) is 3.37.